The van der Waals surface area contributed by atoms with Crippen LogP contribution >= 0.6 is 0 Å². The Morgan fingerprint density at radius 2 is 2.00 bits per heavy atom. The minimum atomic E-state index is -0.553. The van der Waals surface area contributed by atoms with Gasteiger partial charge in [-0.1, -0.05) is 12.1 Å². The van der Waals surface area contributed by atoms with Gasteiger partial charge in [0.2, 0.25) is 11.8 Å². The first-order chi connectivity index (χ1) is 10.1. The van der Waals surface area contributed by atoms with Gasteiger partial charge in [0.25, 0.3) is 0 Å². The van der Waals surface area contributed by atoms with E-state index >= 15 is 0 Å². The van der Waals surface area contributed by atoms with Crippen LogP contribution in [0.2, 0.25) is 0 Å². The lowest BCUT2D eigenvalue weighted by atomic mass is 10.2. The van der Waals surface area contributed by atoms with E-state index in [2.05, 4.69) is 20.6 Å². The lowest BCUT2D eigenvalue weighted by Crippen LogP contribution is -2.09. The molecule has 2 rings (SSSR count). The van der Waals surface area contributed by atoms with Gasteiger partial charge >= 0.3 is 5.69 Å². The molecule has 110 valence electrons. The van der Waals surface area contributed by atoms with Crippen LogP contribution < -0.4 is 10.6 Å². The van der Waals surface area contributed by atoms with Crippen molar-refractivity contribution in [2.45, 2.75) is 13.5 Å². The summed E-state index contributed by atoms with van der Waals surface area (Å²) in [6, 6.07) is 5.85. The fraction of sp³-hybridized carbons (Fsp3) is 0.231. The molecule has 0 bridgehead atoms. The van der Waals surface area contributed by atoms with Crippen molar-refractivity contribution < 1.29 is 9.31 Å². The molecule has 0 radical (unpaired) electrons. The number of nitrogens with one attached hydrogen (secondary N) is 2. The van der Waals surface area contributed by atoms with E-state index in [0.29, 0.717) is 19.0 Å². The largest absolute Gasteiger partial charge is 0.360 e. The summed E-state index contributed by atoms with van der Waals surface area (Å²) >= 11 is 0. The van der Waals surface area contributed by atoms with Gasteiger partial charge in [-0.3, -0.25) is 10.1 Å². The van der Waals surface area contributed by atoms with Gasteiger partial charge < -0.3 is 10.6 Å². The quantitative estimate of drug-likeness (QED) is 0.627. The van der Waals surface area contributed by atoms with E-state index in [-0.39, 0.29) is 17.3 Å². The Labute approximate surface area is 120 Å². The van der Waals surface area contributed by atoms with Crippen LogP contribution in [0.25, 0.3) is 0 Å². The van der Waals surface area contributed by atoms with Crippen molar-refractivity contribution in [1.82, 2.24) is 9.97 Å². The molecule has 0 aliphatic rings. The molecule has 21 heavy (non-hydrogen) atoms. The predicted octanol–water partition coefficient (Wildman–Crippen LogP) is 2.57. The standard InChI is InChI=1S/C13H14FN5O2/c1-2-15-13-17-8-11(19(20)21)12(18-13)16-7-9-3-5-10(14)6-4-9/h3-6,8H,2,7H2,1H3,(H2,15,16,17,18). The summed E-state index contributed by atoms with van der Waals surface area (Å²) in [6.07, 6.45) is 1.15. The average molecular weight is 291 g/mol. The summed E-state index contributed by atoms with van der Waals surface area (Å²) in [4.78, 5) is 18.3. The Balaban J connectivity index is 2.18. The molecule has 0 saturated carbocycles. The van der Waals surface area contributed by atoms with E-state index in [1.54, 1.807) is 12.1 Å². The van der Waals surface area contributed by atoms with Crippen molar-refractivity contribution in [3.05, 3.63) is 52.0 Å². The van der Waals surface area contributed by atoms with E-state index < -0.39 is 4.92 Å². The highest BCUT2D eigenvalue weighted by Gasteiger charge is 2.16. The van der Waals surface area contributed by atoms with Gasteiger partial charge in [0.05, 0.1) is 4.92 Å². The molecule has 0 spiro atoms. The lowest BCUT2D eigenvalue weighted by molar-refractivity contribution is -0.384. The first-order valence-electron chi connectivity index (χ1n) is 6.33. The van der Waals surface area contributed by atoms with Gasteiger partial charge in [0.1, 0.15) is 12.0 Å². The van der Waals surface area contributed by atoms with Gasteiger partial charge in [-0.05, 0) is 24.6 Å². The summed E-state index contributed by atoms with van der Waals surface area (Å²) in [5.74, 6) is 0.0983. The summed E-state index contributed by atoms with van der Waals surface area (Å²) in [5.41, 5.74) is 0.577. The van der Waals surface area contributed by atoms with Gasteiger partial charge in [0, 0.05) is 13.1 Å². The Bertz CT molecular complexity index is 633. The monoisotopic (exact) mass is 291 g/mol. The number of anilines is 2. The molecule has 7 nitrogen and oxygen atoms in total. The number of hydrogen-bond acceptors (Lipinski definition) is 6. The van der Waals surface area contributed by atoms with E-state index in [9.17, 15) is 14.5 Å². The normalized spacial score (nSPS) is 10.2. The molecule has 1 heterocycles. The van der Waals surface area contributed by atoms with Crippen molar-refractivity contribution in [1.29, 1.82) is 0 Å². The summed E-state index contributed by atoms with van der Waals surface area (Å²) in [7, 11) is 0. The highest BCUT2D eigenvalue weighted by atomic mass is 19.1. The minimum Gasteiger partial charge on any atom is -0.360 e. The number of halogens is 1. The number of aromatic nitrogens is 2. The molecule has 0 amide bonds. The number of hydrogen-bond donors (Lipinski definition) is 2. The highest BCUT2D eigenvalue weighted by Crippen LogP contribution is 2.22. The first-order valence-corrected chi connectivity index (χ1v) is 6.33. The topological polar surface area (TPSA) is 93.0 Å². The van der Waals surface area contributed by atoms with E-state index in [4.69, 9.17) is 0 Å². The predicted molar refractivity (Wildman–Crippen MR) is 76.6 cm³/mol. The van der Waals surface area contributed by atoms with Crippen LogP contribution in [0, 0.1) is 15.9 Å². The van der Waals surface area contributed by atoms with Crippen molar-refractivity contribution in [2.24, 2.45) is 0 Å². The zero-order valence-corrected chi connectivity index (χ0v) is 11.3. The van der Waals surface area contributed by atoms with Crippen LogP contribution in [-0.2, 0) is 6.54 Å². The fourth-order valence-electron chi connectivity index (χ4n) is 1.67. The van der Waals surface area contributed by atoms with Gasteiger partial charge in [0.15, 0.2) is 0 Å². The zero-order chi connectivity index (χ0) is 15.2. The number of benzene rings is 1. The summed E-state index contributed by atoms with van der Waals surface area (Å²) in [5, 5.41) is 16.7. The molecule has 2 aromatic rings. The highest BCUT2D eigenvalue weighted by molar-refractivity contribution is 5.57. The van der Waals surface area contributed by atoms with Crippen LogP contribution in [0.3, 0.4) is 0 Å². The molecule has 1 aromatic heterocycles. The van der Waals surface area contributed by atoms with E-state index in [1.165, 1.54) is 12.1 Å². The molecule has 2 N–H and O–H groups in total. The number of nitrogens with zero attached hydrogens (tertiary/aromatic N) is 3. The maximum absolute atomic E-state index is 12.8. The molecular weight excluding hydrogens is 277 g/mol. The lowest BCUT2D eigenvalue weighted by Gasteiger charge is -2.08. The Morgan fingerprint density at radius 1 is 1.29 bits per heavy atom. The Hall–Kier alpha value is -2.77. The van der Waals surface area contributed by atoms with Crippen molar-refractivity contribution in [3.63, 3.8) is 0 Å². The maximum Gasteiger partial charge on any atom is 0.329 e. The second kappa shape index (κ2) is 6.60. The molecule has 0 atom stereocenters. The molecule has 0 aliphatic heterocycles. The van der Waals surface area contributed by atoms with Crippen LogP contribution in [0.1, 0.15) is 12.5 Å². The van der Waals surface area contributed by atoms with Crippen LogP contribution in [0.5, 0.6) is 0 Å². The second-order valence-electron chi connectivity index (χ2n) is 4.19. The molecule has 0 saturated heterocycles. The van der Waals surface area contributed by atoms with E-state index in [0.717, 1.165) is 11.8 Å². The third-order valence-corrected chi connectivity index (χ3v) is 2.67. The van der Waals surface area contributed by atoms with Gasteiger partial charge in [-0.25, -0.2) is 9.37 Å². The second-order valence-corrected chi connectivity index (χ2v) is 4.19. The first kappa shape index (κ1) is 14.6. The van der Waals surface area contributed by atoms with Crippen molar-refractivity contribution >= 4 is 17.5 Å². The molecule has 0 aliphatic carbocycles. The van der Waals surface area contributed by atoms with Crippen LogP contribution in [0.4, 0.5) is 21.8 Å². The summed E-state index contributed by atoms with van der Waals surface area (Å²) in [6.45, 7) is 2.77. The average Bonchev–Trinajstić information content (AvgIpc) is 2.47. The molecule has 0 fully saturated rings. The van der Waals surface area contributed by atoms with Crippen molar-refractivity contribution in [2.75, 3.05) is 17.2 Å². The Kier molecular flexibility index (Phi) is 4.60. The summed E-state index contributed by atoms with van der Waals surface area (Å²) < 4.78 is 12.8. The fourth-order valence-corrected chi connectivity index (χ4v) is 1.67. The Morgan fingerprint density at radius 3 is 2.62 bits per heavy atom. The molecule has 0 unspecified atom stereocenters. The van der Waals surface area contributed by atoms with Crippen molar-refractivity contribution in [3.8, 4) is 0 Å². The minimum absolute atomic E-state index is 0.121. The number of rotatable bonds is 6. The third kappa shape index (κ3) is 3.85. The molecular formula is C13H14FN5O2. The zero-order valence-electron chi connectivity index (χ0n) is 11.3. The maximum atomic E-state index is 12.8. The molecule has 8 heteroatoms. The van der Waals surface area contributed by atoms with Crippen LogP contribution in [0.15, 0.2) is 30.5 Å². The number of nitro groups is 1. The smallest absolute Gasteiger partial charge is 0.329 e. The van der Waals surface area contributed by atoms with Crippen LogP contribution in [-0.4, -0.2) is 21.4 Å². The third-order valence-electron chi connectivity index (χ3n) is 2.67. The van der Waals surface area contributed by atoms with E-state index in [1.807, 2.05) is 6.92 Å². The SMILES string of the molecule is CCNc1ncc([N+](=O)[O-])c(NCc2ccc(F)cc2)n1. The van der Waals surface area contributed by atoms with Gasteiger partial charge in [-0.15, -0.1) is 0 Å². The van der Waals surface area contributed by atoms with Gasteiger partial charge in [-0.2, -0.15) is 4.98 Å². The molecule has 1 aromatic carbocycles.